The fraction of sp³-hybridized carbons (Fsp3) is 0.600. The Bertz CT molecular complexity index is 369. The van der Waals surface area contributed by atoms with Crippen LogP contribution in [0.2, 0.25) is 0 Å². The normalized spacial score (nSPS) is 12.8. The first-order valence-corrected chi connectivity index (χ1v) is 6.89. The summed E-state index contributed by atoms with van der Waals surface area (Å²) in [5.41, 5.74) is 1.52. The second kappa shape index (κ2) is 5.53. The van der Waals surface area contributed by atoms with Gasteiger partial charge in [0.15, 0.2) is 0 Å². The highest BCUT2D eigenvalue weighted by molar-refractivity contribution is 9.10. The molecule has 0 bridgehead atoms. The van der Waals surface area contributed by atoms with Gasteiger partial charge in [-0.1, -0.05) is 61.8 Å². The van der Waals surface area contributed by atoms with Crippen molar-refractivity contribution < 1.29 is 5.11 Å². The standard InChI is InChI=1S/C15H23BrO/c1-14(2,10-15(3,4)11-17)9-12-7-5-6-8-13(12)16/h5-8,17H,9-11H2,1-4H3. The Morgan fingerprint density at radius 3 is 2.18 bits per heavy atom. The first kappa shape index (κ1) is 14.7. The summed E-state index contributed by atoms with van der Waals surface area (Å²) < 4.78 is 1.18. The molecule has 1 nitrogen and oxygen atoms in total. The second-order valence-electron chi connectivity index (χ2n) is 6.43. The van der Waals surface area contributed by atoms with Gasteiger partial charge < -0.3 is 5.11 Å². The maximum absolute atomic E-state index is 9.37. The van der Waals surface area contributed by atoms with Crippen molar-refractivity contribution in [3.63, 3.8) is 0 Å². The number of halogens is 1. The van der Waals surface area contributed by atoms with Crippen LogP contribution in [-0.2, 0) is 6.42 Å². The molecule has 1 aromatic rings. The van der Waals surface area contributed by atoms with Crippen LogP contribution in [0.25, 0.3) is 0 Å². The van der Waals surface area contributed by atoms with Crippen LogP contribution >= 0.6 is 15.9 Å². The molecule has 2 heteroatoms. The average molecular weight is 299 g/mol. The molecule has 0 aliphatic rings. The highest BCUT2D eigenvalue weighted by atomic mass is 79.9. The lowest BCUT2D eigenvalue weighted by molar-refractivity contribution is 0.103. The number of hydrogen-bond donors (Lipinski definition) is 1. The van der Waals surface area contributed by atoms with Gasteiger partial charge in [0.1, 0.15) is 0 Å². The topological polar surface area (TPSA) is 20.2 Å². The molecule has 0 fully saturated rings. The fourth-order valence-electron chi connectivity index (χ4n) is 2.57. The van der Waals surface area contributed by atoms with E-state index in [1.54, 1.807) is 0 Å². The van der Waals surface area contributed by atoms with Gasteiger partial charge in [-0.3, -0.25) is 0 Å². The lowest BCUT2D eigenvalue weighted by Gasteiger charge is -2.34. The third-order valence-corrected chi connectivity index (χ3v) is 3.79. The van der Waals surface area contributed by atoms with Gasteiger partial charge in [-0.15, -0.1) is 0 Å². The molecule has 1 rings (SSSR count). The van der Waals surface area contributed by atoms with Crippen molar-refractivity contribution in [1.82, 2.24) is 0 Å². The molecule has 1 N–H and O–H groups in total. The Kier molecular flexibility index (Phi) is 4.79. The van der Waals surface area contributed by atoms with E-state index < -0.39 is 0 Å². The number of aliphatic hydroxyl groups is 1. The van der Waals surface area contributed by atoms with E-state index in [-0.39, 0.29) is 17.4 Å². The number of benzene rings is 1. The van der Waals surface area contributed by atoms with Crippen LogP contribution in [0.5, 0.6) is 0 Å². The van der Waals surface area contributed by atoms with Gasteiger partial charge in [0, 0.05) is 11.1 Å². The maximum Gasteiger partial charge on any atom is 0.0482 e. The van der Waals surface area contributed by atoms with Crippen LogP contribution in [0.15, 0.2) is 28.7 Å². The lowest BCUT2D eigenvalue weighted by Crippen LogP contribution is -2.27. The SMILES string of the molecule is CC(C)(CO)CC(C)(C)Cc1ccccc1Br. The van der Waals surface area contributed by atoms with Crippen LogP contribution in [0.4, 0.5) is 0 Å². The summed E-state index contributed by atoms with van der Waals surface area (Å²) >= 11 is 3.60. The minimum absolute atomic E-state index is 0.00917. The van der Waals surface area contributed by atoms with E-state index in [2.05, 4.69) is 61.8 Å². The molecule has 0 aliphatic heterocycles. The highest BCUT2D eigenvalue weighted by Crippen LogP contribution is 2.37. The molecule has 96 valence electrons. The van der Waals surface area contributed by atoms with Crippen molar-refractivity contribution in [1.29, 1.82) is 0 Å². The molecule has 0 saturated heterocycles. The summed E-state index contributed by atoms with van der Waals surface area (Å²) in [6.45, 7) is 9.02. The predicted octanol–water partition coefficient (Wildman–Crippen LogP) is 4.43. The van der Waals surface area contributed by atoms with E-state index >= 15 is 0 Å². The summed E-state index contributed by atoms with van der Waals surface area (Å²) in [6, 6.07) is 8.37. The molecule has 0 heterocycles. The van der Waals surface area contributed by atoms with Crippen LogP contribution in [0, 0.1) is 10.8 Å². The Morgan fingerprint density at radius 2 is 1.65 bits per heavy atom. The lowest BCUT2D eigenvalue weighted by atomic mass is 9.72. The summed E-state index contributed by atoms with van der Waals surface area (Å²) in [4.78, 5) is 0. The third-order valence-electron chi connectivity index (χ3n) is 3.01. The fourth-order valence-corrected chi connectivity index (χ4v) is 3.00. The minimum atomic E-state index is -0.00917. The molecule has 0 spiro atoms. The van der Waals surface area contributed by atoms with Gasteiger partial charge in [0.2, 0.25) is 0 Å². The van der Waals surface area contributed by atoms with E-state index in [0.717, 1.165) is 12.8 Å². The molecule has 0 saturated carbocycles. The summed E-state index contributed by atoms with van der Waals surface area (Å²) in [5.74, 6) is 0. The summed E-state index contributed by atoms with van der Waals surface area (Å²) in [5, 5.41) is 9.37. The van der Waals surface area contributed by atoms with Crippen LogP contribution in [0.3, 0.4) is 0 Å². The van der Waals surface area contributed by atoms with Gasteiger partial charge >= 0.3 is 0 Å². The Hall–Kier alpha value is -0.340. The Morgan fingerprint density at radius 1 is 1.06 bits per heavy atom. The van der Waals surface area contributed by atoms with E-state index in [1.807, 2.05) is 6.07 Å². The zero-order chi connectivity index (χ0) is 13.1. The maximum atomic E-state index is 9.37. The molecule has 0 radical (unpaired) electrons. The second-order valence-corrected chi connectivity index (χ2v) is 7.29. The molecular weight excluding hydrogens is 276 g/mol. The van der Waals surface area contributed by atoms with Crippen molar-refractivity contribution in [3.8, 4) is 0 Å². The number of hydrogen-bond acceptors (Lipinski definition) is 1. The van der Waals surface area contributed by atoms with Gasteiger partial charge in [0.05, 0.1) is 0 Å². The highest BCUT2D eigenvalue weighted by Gasteiger charge is 2.28. The number of rotatable bonds is 5. The monoisotopic (exact) mass is 298 g/mol. The third kappa shape index (κ3) is 4.81. The van der Waals surface area contributed by atoms with Crippen LogP contribution in [-0.4, -0.2) is 11.7 Å². The van der Waals surface area contributed by atoms with Crippen molar-refractivity contribution in [2.45, 2.75) is 40.5 Å². The first-order chi connectivity index (χ1) is 7.76. The Balaban J connectivity index is 2.76. The van der Waals surface area contributed by atoms with E-state index in [1.165, 1.54) is 10.0 Å². The largest absolute Gasteiger partial charge is 0.396 e. The minimum Gasteiger partial charge on any atom is -0.396 e. The van der Waals surface area contributed by atoms with Crippen LogP contribution < -0.4 is 0 Å². The van der Waals surface area contributed by atoms with E-state index in [9.17, 15) is 5.11 Å². The zero-order valence-corrected chi connectivity index (χ0v) is 12.8. The van der Waals surface area contributed by atoms with Gasteiger partial charge in [-0.05, 0) is 35.3 Å². The molecular formula is C15H23BrO. The van der Waals surface area contributed by atoms with Crippen molar-refractivity contribution >= 4 is 15.9 Å². The molecule has 0 aromatic heterocycles. The Labute approximate surface area is 113 Å². The average Bonchev–Trinajstić information content (AvgIpc) is 2.20. The molecule has 0 atom stereocenters. The quantitative estimate of drug-likeness (QED) is 0.853. The molecule has 0 aliphatic carbocycles. The van der Waals surface area contributed by atoms with Crippen molar-refractivity contribution in [2.24, 2.45) is 10.8 Å². The van der Waals surface area contributed by atoms with E-state index in [4.69, 9.17) is 0 Å². The molecule has 1 aromatic carbocycles. The molecule has 0 unspecified atom stereocenters. The summed E-state index contributed by atoms with van der Waals surface area (Å²) in [6.07, 6.45) is 2.04. The smallest absolute Gasteiger partial charge is 0.0482 e. The predicted molar refractivity (Wildman–Crippen MR) is 77.1 cm³/mol. The number of aliphatic hydroxyl groups excluding tert-OH is 1. The van der Waals surface area contributed by atoms with Crippen molar-refractivity contribution in [2.75, 3.05) is 6.61 Å². The van der Waals surface area contributed by atoms with Crippen molar-refractivity contribution in [3.05, 3.63) is 34.3 Å². The molecule has 17 heavy (non-hydrogen) atoms. The summed E-state index contributed by atoms with van der Waals surface area (Å²) in [7, 11) is 0. The first-order valence-electron chi connectivity index (χ1n) is 6.10. The van der Waals surface area contributed by atoms with Gasteiger partial charge in [-0.25, -0.2) is 0 Å². The van der Waals surface area contributed by atoms with Gasteiger partial charge in [0.25, 0.3) is 0 Å². The van der Waals surface area contributed by atoms with Gasteiger partial charge in [-0.2, -0.15) is 0 Å². The molecule has 0 amide bonds. The zero-order valence-electron chi connectivity index (χ0n) is 11.3. The van der Waals surface area contributed by atoms with E-state index in [0.29, 0.717) is 0 Å². The van der Waals surface area contributed by atoms with Crippen LogP contribution in [0.1, 0.15) is 39.7 Å².